The third-order valence-electron chi connectivity index (χ3n) is 4.61. The molecule has 158 valence electrons. The standard InChI is InChI=1S/C21H18O.CHF3O3S/c1-3-9-16(10-4-1)20-15-18-13-7-8-14-19(18)21(22-20)17-11-5-2-6-12-17;2-1(3,4)8(5,6)7/h1-14,20-21H,15H2;(H,5,6,7). The van der Waals surface area contributed by atoms with Gasteiger partial charge >= 0.3 is 15.6 Å². The predicted octanol–water partition coefficient (Wildman–Crippen LogP) is 5.48. The molecule has 4 rings (SSSR count). The van der Waals surface area contributed by atoms with Gasteiger partial charge in [-0.2, -0.15) is 21.6 Å². The minimum Gasteiger partial charge on any atom is -0.361 e. The molecule has 2 unspecified atom stereocenters. The van der Waals surface area contributed by atoms with Crippen LogP contribution in [0.4, 0.5) is 13.2 Å². The molecule has 1 aliphatic heterocycles. The maximum absolute atomic E-state index is 10.7. The van der Waals surface area contributed by atoms with E-state index in [4.69, 9.17) is 17.7 Å². The van der Waals surface area contributed by atoms with Crippen molar-refractivity contribution >= 4 is 10.1 Å². The normalized spacial score (nSPS) is 18.7. The van der Waals surface area contributed by atoms with Crippen LogP contribution in [-0.2, 0) is 21.3 Å². The van der Waals surface area contributed by atoms with Gasteiger partial charge in [0.2, 0.25) is 0 Å². The molecule has 0 amide bonds. The van der Waals surface area contributed by atoms with E-state index in [0.29, 0.717) is 0 Å². The van der Waals surface area contributed by atoms with Crippen LogP contribution in [0.1, 0.15) is 34.5 Å². The number of benzene rings is 3. The van der Waals surface area contributed by atoms with E-state index in [1.165, 1.54) is 22.3 Å². The Morgan fingerprint density at radius 3 is 1.80 bits per heavy atom. The number of halogens is 3. The van der Waals surface area contributed by atoms with Crippen molar-refractivity contribution in [2.75, 3.05) is 0 Å². The van der Waals surface area contributed by atoms with Crippen molar-refractivity contribution in [3.8, 4) is 0 Å². The topological polar surface area (TPSA) is 63.6 Å². The highest BCUT2D eigenvalue weighted by atomic mass is 32.2. The van der Waals surface area contributed by atoms with Crippen LogP contribution in [0, 0.1) is 0 Å². The van der Waals surface area contributed by atoms with E-state index < -0.39 is 15.6 Å². The molecule has 3 aromatic rings. The number of fused-ring (bicyclic) bond motifs is 1. The van der Waals surface area contributed by atoms with Crippen molar-refractivity contribution in [1.29, 1.82) is 0 Å². The lowest BCUT2D eigenvalue weighted by Crippen LogP contribution is -2.21. The van der Waals surface area contributed by atoms with Crippen molar-refractivity contribution < 1.29 is 30.9 Å². The average Bonchev–Trinajstić information content (AvgIpc) is 2.73. The van der Waals surface area contributed by atoms with Crippen molar-refractivity contribution in [3.63, 3.8) is 0 Å². The molecule has 1 aliphatic rings. The molecule has 8 heteroatoms. The minimum absolute atomic E-state index is 0.0105. The lowest BCUT2D eigenvalue weighted by Gasteiger charge is -2.33. The van der Waals surface area contributed by atoms with E-state index in [1.54, 1.807) is 0 Å². The van der Waals surface area contributed by atoms with Gasteiger partial charge in [0, 0.05) is 6.42 Å². The molecule has 4 nitrogen and oxygen atoms in total. The van der Waals surface area contributed by atoms with Crippen LogP contribution < -0.4 is 0 Å². The van der Waals surface area contributed by atoms with Crippen molar-refractivity contribution in [1.82, 2.24) is 0 Å². The summed E-state index contributed by atoms with van der Waals surface area (Å²) in [6, 6.07) is 29.6. The second kappa shape index (κ2) is 8.99. The van der Waals surface area contributed by atoms with E-state index in [-0.39, 0.29) is 12.2 Å². The van der Waals surface area contributed by atoms with E-state index in [0.717, 1.165) is 6.42 Å². The smallest absolute Gasteiger partial charge is 0.361 e. The molecule has 0 radical (unpaired) electrons. The Hall–Kier alpha value is -2.68. The SMILES string of the molecule is O=S(=O)(O)C(F)(F)F.c1ccc(C2Cc3ccccc3C(c3ccccc3)O2)cc1. The molecule has 0 fully saturated rings. The van der Waals surface area contributed by atoms with E-state index in [2.05, 4.69) is 78.9 Å². The Morgan fingerprint density at radius 1 is 0.800 bits per heavy atom. The zero-order chi connectivity index (χ0) is 21.8. The summed E-state index contributed by atoms with van der Waals surface area (Å²) in [5.74, 6) is 0. The summed E-state index contributed by atoms with van der Waals surface area (Å²) in [6.45, 7) is 0. The van der Waals surface area contributed by atoms with Crippen LogP contribution in [-0.4, -0.2) is 18.5 Å². The van der Waals surface area contributed by atoms with Gasteiger partial charge in [0.05, 0.1) is 6.10 Å². The fourth-order valence-corrected chi connectivity index (χ4v) is 3.21. The van der Waals surface area contributed by atoms with Gasteiger partial charge in [-0.15, -0.1) is 0 Å². The molecule has 3 aromatic carbocycles. The van der Waals surface area contributed by atoms with Gasteiger partial charge < -0.3 is 4.74 Å². The number of alkyl halides is 3. The van der Waals surface area contributed by atoms with Crippen molar-refractivity contribution in [2.24, 2.45) is 0 Å². The maximum Gasteiger partial charge on any atom is 0.522 e. The number of ether oxygens (including phenoxy) is 1. The highest BCUT2D eigenvalue weighted by molar-refractivity contribution is 7.86. The lowest BCUT2D eigenvalue weighted by atomic mass is 9.88. The first-order valence-corrected chi connectivity index (χ1v) is 10.5. The highest BCUT2D eigenvalue weighted by Gasteiger charge is 2.44. The maximum atomic E-state index is 10.7. The van der Waals surface area contributed by atoms with Crippen LogP contribution in [0.2, 0.25) is 0 Å². The first kappa shape index (κ1) is 22.0. The van der Waals surface area contributed by atoms with Gasteiger partial charge in [0.25, 0.3) is 0 Å². The molecule has 0 bridgehead atoms. The number of rotatable bonds is 2. The first-order valence-electron chi connectivity index (χ1n) is 9.03. The van der Waals surface area contributed by atoms with Crippen LogP contribution in [0.5, 0.6) is 0 Å². The van der Waals surface area contributed by atoms with Crippen molar-refractivity contribution in [3.05, 3.63) is 107 Å². The van der Waals surface area contributed by atoms with Crippen LogP contribution >= 0.6 is 0 Å². The molecule has 0 saturated heterocycles. The summed E-state index contributed by atoms with van der Waals surface area (Å²) in [4.78, 5) is 0. The molecule has 0 spiro atoms. The Morgan fingerprint density at radius 2 is 1.27 bits per heavy atom. The summed E-state index contributed by atoms with van der Waals surface area (Å²) < 4.78 is 64.0. The molecular formula is C22H19F3O4S. The predicted molar refractivity (Wildman–Crippen MR) is 106 cm³/mol. The van der Waals surface area contributed by atoms with E-state index >= 15 is 0 Å². The molecule has 2 atom stereocenters. The van der Waals surface area contributed by atoms with E-state index in [9.17, 15) is 13.2 Å². The van der Waals surface area contributed by atoms with Crippen LogP contribution in [0.15, 0.2) is 84.9 Å². The average molecular weight is 436 g/mol. The largest absolute Gasteiger partial charge is 0.522 e. The van der Waals surface area contributed by atoms with Gasteiger partial charge in [-0.05, 0) is 22.3 Å². The van der Waals surface area contributed by atoms with Crippen LogP contribution in [0.25, 0.3) is 0 Å². The van der Waals surface area contributed by atoms with E-state index in [1.807, 2.05) is 6.07 Å². The van der Waals surface area contributed by atoms with Gasteiger partial charge in [-0.3, -0.25) is 4.55 Å². The fraction of sp³-hybridized carbons (Fsp3) is 0.182. The molecule has 0 aromatic heterocycles. The van der Waals surface area contributed by atoms with Gasteiger partial charge in [-0.1, -0.05) is 84.9 Å². The van der Waals surface area contributed by atoms with Gasteiger partial charge in [0.15, 0.2) is 0 Å². The lowest BCUT2D eigenvalue weighted by molar-refractivity contribution is -0.0510. The van der Waals surface area contributed by atoms with Crippen molar-refractivity contribution in [2.45, 2.75) is 24.1 Å². The molecule has 1 heterocycles. The monoisotopic (exact) mass is 436 g/mol. The summed E-state index contributed by atoms with van der Waals surface area (Å²) >= 11 is 0. The fourth-order valence-electron chi connectivity index (χ4n) is 3.21. The Bertz CT molecular complexity index is 1070. The Labute approximate surface area is 172 Å². The molecular weight excluding hydrogens is 417 g/mol. The second-order valence-electron chi connectivity index (χ2n) is 6.65. The molecule has 0 saturated carbocycles. The van der Waals surface area contributed by atoms with Crippen LogP contribution in [0.3, 0.4) is 0 Å². The molecule has 1 N–H and O–H groups in total. The number of hydrogen-bond acceptors (Lipinski definition) is 3. The third kappa shape index (κ3) is 5.27. The quantitative estimate of drug-likeness (QED) is 0.427. The zero-order valence-electron chi connectivity index (χ0n) is 15.7. The summed E-state index contributed by atoms with van der Waals surface area (Å²) in [5.41, 5.74) is -0.390. The first-order chi connectivity index (χ1) is 14.2. The summed E-state index contributed by atoms with van der Waals surface area (Å²) in [7, 11) is -5.84. The molecule has 30 heavy (non-hydrogen) atoms. The second-order valence-corrected chi connectivity index (χ2v) is 8.06. The van der Waals surface area contributed by atoms with Gasteiger partial charge in [-0.25, -0.2) is 0 Å². The Kier molecular flexibility index (Phi) is 6.60. The summed E-state index contributed by atoms with van der Waals surface area (Å²) in [6.07, 6.45) is 1.06. The molecule has 0 aliphatic carbocycles. The number of hydrogen-bond donors (Lipinski definition) is 1. The minimum atomic E-state index is -5.84. The summed E-state index contributed by atoms with van der Waals surface area (Å²) in [5, 5.41) is 0. The third-order valence-corrected chi connectivity index (χ3v) is 5.19. The Balaban J connectivity index is 0.000000275. The zero-order valence-corrected chi connectivity index (χ0v) is 16.5. The van der Waals surface area contributed by atoms with Gasteiger partial charge in [0.1, 0.15) is 6.10 Å². The highest BCUT2D eigenvalue weighted by Crippen LogP contribution is 2.40.